The van der Waals surface area contributed by atoms with E-state index in [1.807, 2.05) is 18.7 Å². The monoisotopic (exact) mass is 442 g/mol. The number of nitrogens with two attached hydrogens (primary N) is 1. The van der Waals surface area contributed by atoms with Crippen LogP contribution in [0.2, 0.25) is 0 Å². The molecule has 0 aromatic heterocycles. The van der Waals surface area contributed by atoms with Gasteiger partial charge in [-0.15, -0.1) is 11.8 Å². The zero-order valence-electron chi connectivity index (χ0n) is 18.9. The van der Waals surface area contributed by atoms with E-state index in [0.717, 1.165) is 37.3 Å². The fourth-order valence-electron chi connectivity index (χ4n) is 4.62. The van der Waals surface area contributed by atoms with Gasteiger partial charge in [-0.1, -0.05) is 29.8 Å². The van der Waals surface area contributed by atoms with Crippen LogP contribution in [0.3, 0.4) is 0 Å². The summed E-state index contributed by atoms with van der Waals surface area (Å²) in [5.74, 6) is 0.491. The zero-order chi connectivity index (χ0) is 22.4. The molecule has 0 bridgehead atoms. The van der Waals surface area contributed by atoms with Gasteiger partial charge in [0.2, 0.25) is 0 Å². The van der Waals surface area contributed by atoms with E-state index < -0.39 is 0 Å². The van der Waals surface area contributed by atoms with Gasteiger partial charge in [0.25, 0.3) is 5.91 Å². The molecule has 1 saturated heterocycles. The van der Waals surface area contributed by atoms with E-state index in [-0.39, 0.29) is 19.0 Å². The first kappa shape index (κ1) is 23.5. The summed E-state index contributed by atoms with van der Waals surface area (Å²) < 4.78 is 0. The van der Waals surface area contributed by atoms with Gasteiger partial charge in [0.15, 0.2) is 0 Å². The van der Waals surface area contributed by atoms with Gasteiger partial charge in [-0.3, -0.25) is 9.79 Å². The molecule has 2 aliphatic carbocycles. The summed E-state index contributed by atoms with van der Waals surface area (Å²) >= 11 is 1.95. The maximum atomic E-state index is 12.6. The lowest BCUT2D eigenvalue weighted by molar-refractivity contribution is -0.117. The molecule has 31 heavy (non-hydrogen) atoms. The molecule has 0 spiro atoms. The van der Waals surface area contributed by atoms with Crippen molar-refractivity contribution in [1.82, 2.24) is 5.32 Å². The lowest BCUT2D eigenvalue weighted by Crippen LogP contribution is -2.31. The Balaban J connectivity index is 1.76. The molecule has 1 heterocycles. The molecule has 1 amide bonds. The van der Waals surface area contributed by atoms with E-state index in [9.17, 15) is 9.70 Å². The fourth-order valence-corrected chi connectivity index (χ4v) is 6.12. The van der Waals surface area contributed by atoms with Crippen LogP contribution in [0.5, 0.6) is 0 Å². The maximum Gasteiger partial charge on any atom is 0.254 e. The van der Waals surface area contributed by atoms with Crippen LogP contribution in [0.4, 0.5) is 0 Å². The number of carbonyl (C=O) groups is 1. The normalized spacial score (nSPS) is 24.8. The van der Waals surface area contributed by atoms with Crippen LogP contribution in [0, 0.1) is 10.8 Å². The molecule has 7 heteroatoms. The Morgan fingerprint density at radius 1 is 1.26 bits per heavy atom. The summed E-state index contributed by atoms with van der Waals surface area (Å²) in [4.78, 5) is 29.0. The second-order valence-electron chi connectivity index (χ2n) is 8.80. The van der Waals surface area contributed by atoms with Crippen LogP contribution in [-0.2, 0) is 4.79 Å². The highest BCUT2D eigenvalue weighted by molar-refractivity contribution is 8.04. The summed E-state index contributed by atoms with van der Waals surface area (Å²) in [6.45, 7) is 6.12. The van der Waals surface area contributed by atoms with Crippen molar-refractivity contribution in [3.05, 3.63) is 50.1 Å². The first-order valence-electron chi connectivity index (χ1n) is 11.3. The minimum absolute atomic E-state index is 0.0372. The average molecular weight is 443 g/mol. The van der Waals surface area contributed by atoms with Crippen LogP contribution in [0.1, 0.15) is 65.7 Å². The third kappa shape index (κ3) is 6.19. The van der Waals surface area contributed by atoms with Gasteiger partial charge in [-0.05, 0) is 70.3 Å². The van der Waals surface area contributed by atoms with Crippen molar-refractivity contribution in [3.63, 3.8) is 0 Å². The second-order valence-corrected chi connectivity index (χ2v) is 10.1. The lowest BCUT2D eigenvalue weighted by Gasteiger charge is -2.20. The van der Waals surface area contributed by atoms with E-state index >= 15 is 0 Å². The van der Waals surface area contributed by atoms with Crippen molar-refractivity contribution in [2.24, 2.45) is 21.8 Å². The Morgan fingerprint density at radius 2 is 2.06 bits per heavy atom. The number of amides is 1. The molecule has 0 saturated carbocycles. The van der Waals surface area contributed by atoms with Crippen LogP contribution < -0.4 is 11.1 Å². The number of nitroso groups, excluding NO2 is 1. The van der Waals surface area contributed by atoms with Crippen molar-refractivity contribution in [3.8, 4) is 0 Å². The SMILES string of the molecule is CC(=NC1=C2SC(CC3=CCCC(C)C3)CC2=CCC1)C(C(=O)NCCN=O)=C(C)N. The molecule has 1 aliphatic heterocycles. The molecule has 3 aliphatic rings. The molecule has 3 rings (SSSR count). The summed E-state index contributed by atoms with van der Waals surface area (Å²) in [7, 11) is 0. The molecule has 3 N–H and O–H groups in total. The van der Waals surface area contributed by atoms with Crippen molar-refractivity contribution in [2.75, 3.05) is 13.1 Å². The van der Waals surface area contributed by atoms with Crippen LogP contribution >= 0.6 is 11.8 Å². The van der Waals surface area contributed by atoms with E-state index in [2.05, 4.69) is 29.6 Å². The highest BCUT2D eigenvalue weighted by Gasteiger charge is 2.30. The summed E-state index contributed by atoms with van der Waals surface area (Å²) in [6.07, 6.45) is 12.7. The van der Waals surface area contributed by atoms with Gasteiger partial charge in [0.1, 0.15) is 0 Å². The van der Waals surface area contributed by atoms with E-state index in [4.69, 9.17) is 10.7 Å². The molecule has 0 radical (unpaired) electrons. The standard InChI is InChI=1S/C24H34N4O2S/c1-15-6-4-7-18(12-15)13-20-14-19-8-5-9-21(23(19)31-20)28-17(3)22(16(2)25)24(29)26-10-11-27-30/h7-8,15,20H,4-6,9-14,25H2,1-3H3,(H,26,29). The van der Waals surface area contributed by atoms with Gasteiger partial charge in [0, 0.05) is 22.4 Å². The Labute approximate surface area is 189 Å². The van der Waals surface area contributed by atoms with Gasteiger partial charge < -0.3 is 11.1 Å². The third-order valence-electron chi connectivity index (χ3n) is 6.03. The Morgan fingerprint density at radius 3 is 2.77 bits per heavy atom. The number of thioether (sulfide) groups is 1. The number of hydrogen-bond acceptors (Lipinski definition) is 6. The molecule has 6 nitrogen and oxygen atoms in total. The Kier molecular flexibility index (Phi) is 8.29. The molecular formula is C24H34N4O2S. The Hall–Kier alpha value is -2.15. The topological polar surface area (TPSA) is 96.9 Å². The highest BCUT2D eigenvalue weighted by atomic mass is 32.2. The van der Waals surface area contributed by atoms with Crippen molar-refractivity contribution < 1.29 is 4.79 Å². The maximum absolute atomic E-state index is 12.6. The number of aliphatic imine (C=N–C) groups is 1. The molecule has 1 fully saturated rings. The van der Waals surface area contributed by atoms with Gasteiger partial charge in [-0.25, -0.2) is 0 Å². The van der Waals surface area contributed by atoms with Crippen molar-refractivity contribution in [1.29, 1.82) is 0 Å². The molecule has 0 aromatic carbocycles. The number of allylic oxidation sites excluding steroid dienone is 6. The molecule has 2 unspecified atom stereocenters. The fraction of sp³-hybridized carbons (Fsp3) is 0.583. The quantitative estimate of drug-likeness (QED) is 0.179. The van der Waals surface area contributed by atoms with E-state index in [1.165, 1.54) is 29.7 Å². The lowest BCUT2D eigenvalue weighted by atomic mass is 9.87. The van der Waals surface area contributed by atoms with Crippen LogP contribution in [0.15, 0.2) is 55.3 Å². The highest BCUT2D eigenvalue weighted by Crippen LogP contribution is 2.49. The smallest absolute Gasteiger partial charge is 0.254 e. The summed E-state index contributed by atoms with van der Waals surface area (Å²) in [6, 6.07) is 0. The first-order chi connectivity index (χ1) is 14.9. The van der Waals surface area contributed by atoms with Gasteiger partial charge in [0.05, 0.1) is 23.5 Å². The number of rotatable bonds is 8. The second kappa shape index (κ2) is 10.9. The molecular weight excluding hydrogens is 408 g/mol. The minimum atomic E-state index is -0.308. The van der Waals surface area contributed by atoms with Gasteiger partial charge in [-0.2, -0.15) is 4.91 Å². The molecule has 2 atom stereocenters. The first-order valence-corrected chi connectivity index (χ1v) is 12.1. The predicted molar refractivity (Wildman–Crippen MR) is 130 cm³/mol. The number of nitrogens with zero attached hydrogens (tertiary/aromatic N) is 2. The Bertz CT molecular complexity index is 878. The van der Waals surface area contributed by atoms with Crippen molar-refractivity contribution in [2.45, 2.75) is 71.0 Å². The largest absolute Gasteiger partial charge is 0.402 e. The summed E-state index contributed by atoms with van der Waals surface area (Å²) in [5.41, 5.74) is 11.5. The third-order valence-corrected chi connectivity index (χ3v) is 7.43. The average Bonchev–Trinajstić information content (AvgIpc) is 3.11. The number of carbonyl (C=O) groups excluding carboxylic acids is 1. The van der Waals surface area contributed by atoms with Crippen molar-refractivity contribution >= 4 is 23.4 Å². The van der Waals surface area contributed by atoms with E-state index in [1.54, 1.807) is 12.5 Å². The number of nitrogens with one attached hydrogen (secondary N) is 1. The zero-order valence-corrected chi connectivity index (χ0v) is 19.7. The number of hydrogen-bond donors (Lipinski definition) is 2. The van der Waals surface area contributed by atoms with E-state index in [0.29, 0.717) is 22.2 Å². The van der Waals surface area contributed by atoms with Gasteiger partial charge >= 0.3 is 0 Å². The summed E-state index contributed by atoms with van der Waals surface area (Å²) in [5, 5.41) is 6.05. The number of fused-ring (bicyclic) bond motifs is 1. The minimum Gasteiger partial charge on any atom is -0.402 e. The van der Waals surface area contributed by atoms with Crippen LogP contribution in [-0.4, -0.2) is 30.0 Å². The molecule has 0 aromatic rings. The predicted octanol–water partition coefficient (Wildman–Crippen LogP) is 5.14. The molecule has 168 valence electrons. The van der Waals surface area contributed by atoms with Crippen LogP contribution in [0.25, 0.3) is 0 Å².